The second-order valence-corrected chi connectivity index (χ2v) is 5.78. The first-order chi connectivity index (χ1) is 11.6. The molecule has 0 radical (unpaired) electrons. The molecule has 0 aliphatic rings. The molecule has 120 valence electrons. The van der Waals surface area contributed by atoms with Crippen LogP contribution in [0.25, 0.3) is 11.1 Å². The van der Waals surface area contributed by atoms with Gasteiger partial charge in [-0.2, -0.15) is 0 Å². The Hall–Kier alpha value is -2.65. The van der Waals surface area contributed by atoms with Gasteiger partial charge in [0.25, 0.3) is 0 Å². The molecule has 0 aliphatic heterocycles. The van der Waals surface area contributed by atoms with Crippen LogP contribution in [0.2, 0.25) is 5.02 Å². The summed E-state index contributed by atoms with van der Waals surface area (Å²) in [6.45, 7) is 0. The van der Waals surface area contributed by atoms with Crippen molar-refractivity contribution in [2.75, 3.05) is 5.32 Å². The van der Waals surface area contributed by atoms with Crippen LogP contribution in [0.3, 0.4) is 0 Å². The van der Waals surface area contributed by atoms with Crippen molar-refractivity contribution in [3.8, 4) is 11.1 Å². The molecule has 4 heteroatoms. The third-order valence-electron chi connectivity index (χ3n) is 3.67. The lowest BCUT2D eigenvalue weighted by atomic mass is 10.1. The molecular weight excluding hydrogens is 325 g/mol. The highest BCUT2D eigenvalue weighted by molar-refractivity contribution is 6.31. The zero-order valence-electron chi connectivity index (χ0n) is 12.8. The van der Waals surface area contributed by atoms with Crippen molar-refractivity contribution in [2.45, 2.75) is 6.42 Å². The lowest BCUT2D eigenvalue weighted by molar-refractivity contribution is -0.115. The molecule has 0 atom stereocenters. The summed E-state index contributed by atoms with van der Waals surface area (Å²) in [7, 11) is 0. The molecule has 24 heavy (non-hydrogen) atoms. The maximum absolute atomic E-state index is 13.7. The Bertz CT molecular complexity index is 827. The Morgan fingerprint density at radius 1 is 0.875 bits per heavy atom. The van der Waals surface area contributed by atoms with Crippen molar-refractivity contribution in [1.29, 1.82) is 0 Å². The number of rotatable bonds is 4. The number of halogens is 2. The van der Waals surface area contributed by atoms with Gasteiger partial charge in [-0.05, 0) is 35.4 Å². The first-order valence-electron chi connectivity index (χ1n) is 7.52. The Morgan fingerprint density at radius 3 is 2.21 bits per heavy atom. The molecule has 0 bridgehead atoms. The van der Waals surface area contributed by atoms with Gasteiger partial charge in [0.1, 0.15) is 5.82 Å². The van der Waals surface area contributed by atoms with E-state index in [1.807, 2.05) is 54.6 Å². The van der Waals surface area contributed by atoms with Crippen LogP contribution in [0.4, 0.5) is 10.1 Å². The fourth-order valence-electron chi connectivity index (χ4n) is 2.44. The van der Waals surface area contributed by atoms with E-state index in [1.165, 1.54) is 12.1 Å². The summed E-state index contributed by atoms with van der Waals surface area (Å²) in [6.07, 6.45) is -0.105. The van der Waals surface area contributed by atoms with Crippen LogP contribution in [-0.4, -0.2) is 5.91 Å². The molecule has 1 amide bonds. The van der Waals surface area contributed by atoms with Gasteiger partial charge in [0.2, 0.25) is 5.91 Å². The van der Waals surface area contributed by atoms with Gasteiger partial charge in [0.15, 0.2) is 0 Å². The van der Waals surface area contributed by atoms with Gasteiger partial charge >= 0.3 is 0 Å². The van der Waals surface area contributed by atoms with Crippen LogP contribution >= 0.6 is 11.6 Å². The number of hydrogen-bond donors (Lipinski definition) is 1. The van der Waals surface area contributed by atoms with E-state index in [-0.39, 0.29) is 22.9 Å². The summed E-state index contributed by atoms with van der Waals surface area (Å²) in [4.78, 5) is 12.1. The largest absolute Gasteiger partial charge is 0.326 e. The fraction of sp³-hybridized carbons (Fsp3) is 0.0500. The zero-order valence-corrected chi connectivity index (χ0v) is 13.6. The molecule has 0 unspecified atom stereocenters. The van der Waals surface area contributed by atoms with Gasteiger partial charge < -0.3 is 5.32 Å². The van der Waals surface area contributed by atoms with Crippen molar-refractivity contribution in [2.24, 2.45) is 0 Å². The SMILES string of the molecule is O=C(Cc1c(F)cccc1Cl)Nc1ccc(-c2ccccc2)cc1. The molecule has 0 fully saturated rings. The zero-order chi connectivity index (χ0) is 16.9. The number of carbonyl (C=O) groups is 1. The minimum atomic E-state index is -0.475. The second kappa shape index (κ2) is 7.28. The van der Waals surface area contributed by atoms with E-state index in [2.05, 4.69) is 5.32 Å². The van der Waals surface area contributed by atoms with E-state index in [1.54, 1.807) is 6.07 Å². The van der Waals surface area contributed by atoms with E-state index in [4.69, 9.17) is 11.6 Å². The molecule has 0 saturated heterocycles. The molecule has 0 spiro atoms. The van der Waals surface area contributed by atoms with Crippen LogP contribution in [0.15, 0.2) is 72.8 Å². The molecule has 3 aromatic rings. The van der Waals surface area contributed by atoms with Crippen LogP contribution in [0, 0.1) is 5.82 Å². The highest BCUT2D eigenvalue weighted by atomic mass is 35.5. The summed E-state index contributed by atoms with van der Waals surface area (Å²) < 4.78 is 13.7. The minimum absolute atomic E-state index is 0.105. The van der Waals surface area contributed by atoms with Crippen molar-refractivity contribution >= 4 is 23.2 Å². The Kier molecular flexibility index (Phi) is 4.92. The highest BCUT2D eigenvalue weighted by Gasteiger charge is 2.12. The maximum atomic E-state index is 13.7. The van der Waals surface area contributed by atoms with E-state index >= 15 is 0 Å². The van der Waals surface area contributed by atoms with Gasteiger partial charge in [-0.3, -0.25) is 4.79 Å². The van der Waals surface area contributed by atoms with Crippen molar-refractivity contribution in [3.63, 3.8) is 0 Å². The average Bonchev–Trinajstić information content (AvgIpc) is 2.60. The number of amides is 1. The van der Waals surface area contributed by atoms with Crippen molar-refractivity contribution < 1.29 is 9.18 Å². The number of benzene rings is 3. The molecule has 2 nitrogen and oxygen atoms in total. The molecule has 0 aliphatic carbocycles. The van der Waals surface area contributed by atoms with Crippen molar-refractivity contribution in [1.82, 2.24) is 0 Å². The van der Waals surface area contributed by atoms with Crippen LogP contribution in [0.5, 0.6) is 0 Å². The third kappa shape index (κ3) is 3.81. The second-order valence-electron chi connectivity index (χ2n) is 5.37. The predicted molar refractivity (Wildman–Crippen MR) is 95.6 cm³/mol. The summed E-state index contributed by atoms with van der Waals surface area (Å²) in [5.74, 6) is -0.786. The van der Waals surface area contributed by atoms with E-state index in [0.29, 0.717) is 5.69 Å². The summed E-state index contributed by atoms with van der Waals surface area (Å²) in [5.41, 5.74) is 3.03. The molecule has 1 N–H and O–H groups in total. The molecule has 3 aromatic carbocycles. The molecular formula is C20H15ClFNO. The normalized spacial score (nSPS) is 10.4. The number of anilines is 1. The average molecular weight is 340 g/mol. The predicted octanol–water partition coefficient (Wildman–Crippen LogP) is 5.33. The lowest BCUT2D eigenvalue weighted by Crippen LogP contribution is -2.15. The molecule has 0 aromatic heterocycles. The number of hydrogen-bond acceptors (Lipinski definition) is 1. The Labute approximate surface area is 144 Å². The smallest absolute Gasteiger partial charge is 0.228 e. The minimum Gasteiger partial charge on any atom is -0.326 e. The molecule has 0 saturated carbocycles. The monoisotopic (exact) mass is 339 g/mol. The van der Waals surface area contributed by atoms with E-state index < -0.39 is 5.82 Å². The van der Waals surface area contributed by atoms with Gasteiger partial charge in [-0.25, -0.2) is 4.39 Å². The Balaban J connectivity index is 1.69. The maximum Gasteiger partial charge on any atom is 0.228 e. The summed E-state index contributed by atoms with van der Waals surface area (Å²) in [5, 5.41) is 3.01. The van der Waals surface area contributed by atoms with Gasteiger partial charge in [0, 0.05) is 16.3 Å². The van der Waals surface area contributed by atoms with E-state index in [9.17, 15) is 9.18 Å². The molecule has 0 heterocycles. The van der Waals surface area contributed by atoms with Gasteiger partial charge in [-0.1, -0.05) is 60.1 Å². The quantitative estimate of drug-likeness (QED) is 0.684. The summed E-state index contributed by atoms with van der Waals surface area (Å²) in [6, 6.07) is 21.8. The fourth-order valence-corrected chi connectivity index (χ4v) is 2.67. The topological polar surface area (TPSA) is 29.1 Å². The number of nitrogens with one attached hydrogen (secondary N) is 1. The highest BCUT2D eigenvalue weighted by Crippen LogP contribution is 2.22. The first kappa shape index (κ1) is 16.2. The van der Waals surface area contributed by atoms with Crippen LogP contribution in [-0.2, 0) is 11.2 Å². The first-order valence-corrected chi connectivity index (χ1v) is 7.89. The molecule has 3 rings (SSSR count). The van der Waals surface area contributed by atoms with Gasteiger partial charge in [0.05, 0.1) is 6.42 Å². The van der Waals surface area contributed by atoms with E-state index in [0.717, 1.165) is 11.1 Å². The third-order valence-corrected chi connectivity index (χ3v) is 4.03. The van der Waals surface area contributed by atoms with Crippen LogP contribution in [0.1, 0.15) is 5.56 Å². The Morgan fingerprint density at radius 2 is 1.54 bits per heavy atom. The number of carbonyl (C=O) groups excluding carboxylic acids is 1. The van der Waals surface area contributed by atoms with Crippen LogP contribution < -0.4 is 5.32 Å². The summed E-state index contributed by atoms with van der Waals surface area (Å²) >= 11 is 5.95. The standard InChI is InChI=1S/C20H15ClFNO/c21-18-7-4-8-19(22)17(18)13-20(24)23-16-11-9-15(10-12-16)14-5-2-1-3-6-14/h1-12H,13H2,(H,23,24). The lowest BCUT2D eigenvalue weighted by Gasteiger charge is -2.08. The van der Waals surface area contributed by atoms with Crippen molar-refractivity contribution in [3.05, 3.63) is 89.2 Å². The van der Waals surface area contributed by atoms with Gasteiger partial charge in [-0.15, -0.1) is 0 Å².